The maximum Gasteiger partial charge on any atom is 0.227 e. The zero-order chi connectivity index (χ0) is 13.0. The molecule has 1 aromatic heterocycles. The summed E-state index contributed by atoms with van der Waals surface area (Å²) in [5, 5.41) is 6.98. The van der Waals surface area contributed by atoms with Crippen molar-refractivity contribution < 1.29 is 4.52 Å². The average Bonchev–Trinajstić information content (AvgIpc) is 2.84. The Morgan fingerprint density at radius 2 is 1.89 bits per heavy atom. The number of aromatic nitrogens is 2. The Kier molecular flexibility index (Phi) is 4.10. The van der Waals surface area contributed by atoms with Gasteiger partial charge in [-0.1, -0.05) is 17.3 Å². The molecule has 0 amide bonds. The number of aryl methyl sites for hydroxylation is 3. The third-order valence-corrected chi connectivity index (χ3v) is 3.19. The van der Waals surface area contributed by atoms with Gasteiger partial charge in [-0.3, -0.25) is 0 Å². The molecular weight excluding hydrogens is 226 g/mol. The monoisotopic (exact) mass is 245 g/mol. The number of rotatable bonds is 5. The molecule has 0 bridgehead atoms. The lowest BCUT2D eigenvalue weighted by atomic mass is 10.0. The molecule has 2 rings (SSSR count). The van der Waals surface area contributed by atoms with Gasteiger partial charge in [0.05, 0.1) is 0 Å². The summed E-state index contributed by atoms with van der Waals surface area (Å²) in [5.41, 5.74) is 5.38. The summed E-state index contributed by atoms with van der Waals surface area (Å²) in [6.45, 7) is 8.17. The second-order valence-electron chi connectivity index (χ2n) is 4.62. The van der Waals surface area contributed by atoms with Crippen molar-refractivity contribution in [3.8, 4) is 0 Å². The first-order valence-corrected chi connectivity index (χ1v) is 6.20. The summed E-state index contributed by atoms with van der Waals surface area (Å²) < 4.78 is 4.94. The number of nitrogens with one attached hydrogen (secondary N) is 1. The van der Waals surface area contributed by atoms with E-state index in [-0.39, 0.29) is 0 Å². The van der Waals surface area contributed by atoms with Gasteiger partial charge >= 0.3 is 0 Å². The molecule has 0 saturated heterocycles. The van der Waals surface area contributed by atoms with Gasteiger partial charge in [-0.05, 0) is 43.0 Å². The van der Waals surface area contributed by atoms with Gasteiger partial charge in [-0.25, -0.2) is 0 Å². The van der Waals surface area contributed by atoms with E-state index in [0.717, 1.165) is 19.5 Å². The van der Waals surface area contributed by atoms with Crippen LogP contribution in [0.1, 0.15) is 28.1 Å². The molecular formula is C14H19N3O. The van der Waals surface area contributed by atoms with Gasteiger partial charge < -0.3 is 9.84 Å². The first kappa shape index (κ1) is 12.8. The number of hydrogen-bond acceptors (Lipinski definition) is 4. The van der Waals surface area contributed by atoms with Gasteiger partial charge in [0.1, 0.15) is 0 Å². The molecule has 0 radical (unpaired) electrons. The summed E-state index contributed by atoms with van der Waals surface area (Å²) in [6.07, 6.45) is 2.20. The lowest BCUT2D eigenvalue weighted by molar-refractivity contribution is 0.375. The van der Waals surface area contributed by atoms with Crippen LogP contribution in [0.2, 0.25) is 0 Å². The van der Waals surface area contributed by atoms with Crippen molar-refractivity contribution in [1.29, 1.82) is 0 Å². The van der Waals surface area contributed by atoms with Crippen molar-refractivity contribution in [1.82, 2.24) is 15.5 Å². The summed E-state index contributed by atoms with van der Waals surface area (Å²) in [7, 11) is 0. The molecule has 0 fully saturated rings. The topological polar surface area (TPSA) is 51.0 Å². The molecule has 2 aromatic rings. The molecule has 0 atom stereocenters. The van der Waals surface area contributed by atoms with E-state index in [1.807, 2.05) is 0 Å². The highest BCUT2D eigenvalue weighted by molar-refractivity contribution is 5.36. The number of nitrogens with zero attached hydrogens (tertiary/aromatic N) is 2. The Labute approximate surface area is 107 Å². The molecule has 0 saturated carbocycles. The molecule has 4 nitrogen and oxygen atoms in total. The highest BCUT2D eigenvalue weighted by Gasteiger charge is 2.02. The average molecular weight is 245 g/mol. The lowest BCUT2D eigenvalue weighted by Gasteiger charge is -2.10. The molecule has 18 heavy (non-hydrogen) atoms. The molecule has 96 valence electrons. The molecule has 1 aromatic carbocycles. The fraction of sp³-hybridized carbons (Fsp3) is 0.429. The van der Waals surface area contributed by atoms with Gasteiger partial charge in [0.15, 0.2) is 6.33 Å². The third-order valence-electron chi connectivity index (χ3n) is 3.19. The molecule has 0 spiro atoms. The van der Waals surface area contributed by atoms with E-state index in [9.17, 15) is 0 Å². The lowest BCUT2D eigenvalue weighted by Crippen LogP contribution is -2.17. The minimum atomic E-state index is 0.680. The summed E-state index contributed by atoms with van der Waals surface area (Å²) in [6, 6.07) is 4.49. The molecule has 0 unspecified atom stereocenters. The zero-order valence-corrected chi connectivity index (χ0v) is 11.2. The van der Waals surface area contributed by atoms with Gasteiger partial charge in [-0.2, -0.15) is 4.98 Å². The van der Waals surface area contributed by atoms with Crippen molar-refractivity contribution in [2.45, 2.75) is 33.7 Å². The first-order chi connectivity index (χ1) is 8.66. The Morgan fingerprint density at radius 1 is 1.11 bits per heavy atom. The van der Waals surface area contributed by atoms with Crippen LogP contribution in [0, 0.1) is 20.8 Å². The fourth-order valence-electron chi connectivity index (χ4n) is 1.94. The maximum absolute atomic E-state index is 4.94. The molecule has 0 aliphatic carbocycles. The highest BCUT2D eigenvalue weighted by Crippen LogP contribution is 2.14. The Bertz CT molecular complexity index is 506. The number of hydrogen-bond donors (Lipinski definition) is 1. The standard InChI is InChI=1S/C14H19N3O/c1-10-6-12(3)13(7-11(10)2)8-15-5-4-14-16-9-17-18-14/h6-7,9,15H,4-5,8H2,1-3H3. The predicted octanol–water partition coefficient (Wildman–Crippen LogP) is 2.33. The van der Waals surface area contributed by atoms with Crippen LogP contribution < -0.4 is 5.32 Å². The van der Waals surface area contributed by atoms with E-state index in [2.05, 4.69) is 48.4 Å². The quantitative estimate of drug-likeness (QED) is 0.821. The normalized spacial score (nSPS) is 10.8. The summed E-state index contributed by atoms with van der Waals surface area (Å²) in [4.78, 5) is 3.99. The van der Waals surface area contributed by atoms with E-state index >= 15 is 0 Å². The van der Waals surface area contributed by atoms with Crippen molar-refractivity contribution >= 4 is 0 Å². The second-order valence-corrected chi connectivity index (χ2v) is 4.62. The number of benzene rings is 1. The van der Waals surface area contributed by atoms with E-state index in [1.54, 1.807) is 0 Å². The van der Waals surface area contributed by atoms with Gasteiger partial charge in [0, 0.05) is 19.5 Å². The predicted molar refractivity (Wildman–Crippen MR) is 70.4 cm³/mol. The molecule has 1 N–H and O–H groups in total. The first-order valence-electron chi connectivity index (χ1n) is 6.20. The van der Waals surface area contributed by atoms with Gasteiger partial charge in [-0.15, -0.1) is 0 Å². The fourth-order valence-corrected chi connectivity index (χ4v) is 1.94. The van der Waals surface area contributed by atoms with Gasteiger partial charge in [0.25, 0.3) is 0 Å². The van der Waals surface area contributed by atoms with Crippen LogP contribution in [0.15, 0.2) is 23.0 Å². The van der Waals surface area contributed by atoms with Crippen LogP contribution in [-0.2, 0) is 13.0 Å². The van der Waals surface area contributed by atoms with Crippen LogP contribution in [-0.4, -0.2) is 16.7 Å². The second kappa shape index (κ2) is 5.78. The molecule has 0 aliphatic rings. The van der Waals surface area contributed by atoms with E-state index in [4.69, 9.17) is 4.52 Å². The van der Waals surface area contributed by atoms with Crippen LogP contribution in [0.3, 0.4) is 0 Å². The largest absolute Gasteiger partial charge is 0.340 e. The highest BCUT2D eigenvalue weighted by atomic mass is 16.5. The Hall–Kier alpha value is -1.68. The molecule has 0 aliphatic heterocycles. The zero-order valence-electron chi connectivity index (χ0n) is 11.2. The van der Waals surface area contributed by atoms with E-state index < -0.39 is 0 Å². The third kappa shape index (κ3) is 3.17. The summed E-state index contributed by atoms with van der Waals surface area (Å²) in [5.74, 6) is 0.680. The van der Waals surface area contributed by atoms with Crippen LogP contribution in [0.4, 0.5) is 0 Å². The molecule has 4 heteroatoms. The minimum Gasteiger partial charge on any atom is -0.340 e. The summed E-state index contributed by atoms with van der Waals surface area (Å²) >= 11 is 0. The maximum atomic E-state index is 4.94. The van der Waals surface area contributed by atoms with Crippen LogP contribution in [0.25, 0.3) is 0 Å². The molecule has 1 heterocycles. The Morgan fingerprint density at radius 3 is 2.61 bits per heavy atom. The van der Waals surface area contributed by atoms with Crippen molar-refractivity contribution in [2.24, 2.45) is 0 Å². The van der Waals surface area contributed by atoms with E-state index in [0.29, 0.717) is 5.89 Å². The van der Waals surface area contributed by atoms with Crippen LogP contribution >= 0.6 is 0 Å². The minimum absolute atomic E-state index is 0.680. The van der Waals surface area contributed by atoms with Gasteiger partial charge in [0.2, 0.25) is 5.89 Å². The van der Waals surface area contributed by atoms with Crippen molar-refractivity contribution in [3.63, 3.8) is 0 Å². The van der Waals surface area contributed by atoms with Crippen molar-refractivity contribution in [3.05, 3.63) is 46.6 Å². The van der Waals surface area contributed by atoms with Crippen LogP contribution in [0.5, 0.6) is 0 Å². The Balaban J connectivity index is 1.85. The smallest absolute Gasteiger partial charge is 0.227 e. The SMILES string of the molecule is Cc1cc(C)c(CNCCc2ncno2)cc1C. The van der Waals surface area contributed by atoms with Crippen molar-refractivity contribution in [2.75, 3.05) is 6.54 Å². The van der Waals surface area contributed by atoms with E-state index in [1.165, 1.54) is 28.6 Å².